The first kappa shape index (κ1) is 28.1. The maximum absolute atomic E-state index is 12.3. The zero-order chi connectivity index (χ0) is 20.8. The third kappa shape index (κ3) is 4.99. The minimum Gasteiger partial charge on any atom is -0.458 e. The van der Waals surface area contributed by atoms with Crippen LogP contribution < -0.4 is 0 Å². The van der Waals surface area contributed by atoms with Gasteiger partial charge < -0.3 is 14.9 Å². The van der Waals surface area contributed by atoms with E-state index < -0.39 is 11.5 Å². The quantitative estimate of drug-likeness (QED) is 0.350. The number of carbonyl (C=O) groups is 1. The number of aliphatic hydroxyl groups excluding tert-OH is 2. The molecule has 4 rings (SSSR count). The number of esters is 1. The van der Waals surface area contributed by atoms with Gasteiger partial charge in [-0.2, -0.15) is 5.10 Å². The second kappa shape index (κ2) is 11.1. The van der Waals surface area contributed by atoms with E-state index in [-0.39, 0.29) is 124 Å². The SMILES string of the molecule is C=C1CCC2[C@](C)(CO)C(O)CC[C@]2(C)[C@H]1CC(C1=CCOC1=O)n1cncn1.[Ac].[Ac]. The summed E-state index contributed by atoms with van der Waals surface area (Å²) in [7, 11) is 0. The predicted molar refractivity (Wildman–Crippen MR) is 107 cm³/mol. The Bertz CT molecular complexity index is 831. The number of aliphatic hydroxyl groups is 2. The predicted octanol–water partition coefficient (Wildman–Crippen LogP) is 2.43. The monoisotopic (exact) mass is 855 g/mol. The first-order chi connectivity index (χ1) is 13.8. The van der Waals surface area contributed by atoms with Gasteiger partial charge in [-0.05, 0) is 55.4 Å². The Balaban J connectivity index is 0.00000171. The molecule has 1 aliphatic heterocycles. The van der Waals surface area contributed by atoms with Gasteiger partial charge in [0.25, 0.3) is 0 Å². The van der Waals surface area contributed by atoms with Crippen molar-refractivity contribution in [2.75, 3.05) is 13.2 Å². The molecule has 0 amide bonds. The second-order valence-electron chi connectivity index (χ2n) is 9.41. The van der Waals surface area contributed by atoms with E-state index in [1.54, 1.807) is 11.0 Å². The van der Waals surface area contributed by atoms with Crippen LogP contribution in [0.2, 0.25) is 0 Å². The van der Waals surface area contributed by atoms with Crippen LogP contribution in [-0.4, -0.2) is 50.3 Å². The second-order valence-corrected chi connectivity index (χ2v) is 9.41. The normalized spacial score (nSPS) is 35.9. The Morgan fingerprint density at radius 3 is 2.68 bits per heavy atom. The summed E-state index contributed by atoms with van der Waals surface area (Å²) in [5.74, 6) is 0.0242. The minimum absolute atomic E-state index is 0. The van der Waals surface area contributed by atoms with Crippen LogP contribution in [0.25, 0.3) is 0 Å². The van der Waals surface area contributed by atoms with Crippen LogP contribution in [0.1, 0.15) is 52.0 Å². The van der Waals surface area contributed by atoms with Crippen LogP contribution in [0.15, 0.2) is 36.5 Å². The molecule has 7 nitrogen and oxygen atoms in total. The molecule has 2 fully saturated rings. The number of hydrogen-bond acceptors (Lipinski definition) is 6. The molecule has 6 atom stereocenters. The van der Waals surface area contributed by atoms with Gasteiger partial charge in [-0.25, -0.2) is 14.5 Å². The Morgan fingerprint density at radius 1 is 1.35 bits per heavy atom. The van der Waals surface area contributed by atoms with Crippen molar-refractivity contribution in [3.8, 4) is 0 Å². The molecule has 2 radical (unpaired) electrons. The summed E-state index contributed by atoms with van der Waals surface area (Å²) < 4.78 is 6.91. The molecule has 2 heterocycles. The van der Waals surface area contributed by atoms with Crippen LogP contribution in [0.3, 0.4) is 0 Å². The molecule has 0 bridgehead atoms. The number of allylic oxidation sites excluding steroid dienone is 1. The third-order valence-electron chi connectivity index (χ3n) is 8.02. The number of hydrogen-bond donors (Lipinski definition) is 2. The summed E-state index contributed by atoms with van der Waals surface area (Å²) in [5, 5.41) is 25.2. The van der Waals surface area contributed by atoms with E-state index in [2.05, 4.69) is 23.6 Å². The van der Waals surface area contributed by atoms with Crippen molar-refractivity contribution in [2.45, 2.75) is 58.1 Å². The molecular formula is C22H31Ac2N3O4. The number of ether oxygens (including phenoxy) is 1. The molecule has 164 valence electrons. The van der Waals surface area contributed by atoms with Crippen molar-refractivity contribution in [1.82, 2.24) is 14.8 Å². The third-order valence-corrected chi connectivity index (χ3v) is 8.02. The first-order valence-corrected chi connectivity index (χ1v) is 10.5. The number of fused-ring (bicyclic) bond motifs is 1. The van der Waals surface area contributed by atoms with Crippen LogP contribution >= 0.6 is 0 Å². The summed E-state index contributed by atoms with van der Waals surface area (Å²) in [4.78, 5) is 16.4. The fourth-order valence-electron chi connectivity index (χ4n) is 6.26. The first-order valence-electron chi connectivity index (χ1n) is 10.5. The fraction of sp³-hybridized carbons (Fsp3) is 0.682. The number of carbonyl (C=O) groups excluding carboxylic acids is 1. The van der Waals surface area contributed by atoms with E-state index in [1.807, 2.05) is 13.0 Å². The Morgan fingerprint density at radius 2 is 2.10 bits per heavy atom. The molecule has 0 spiro atoms. The summed E-state index contributed by atoms with van der Waals surface area (Å²) >= 11 is 0. The average molecular weight is 856 g/mol. The van der Waals surface area contributed by atoms with E-state index in [0.29, 0.717) is 25.0 Å². The topological polar surface area (TPSA) is 97.5 Å². The molecule has 0 saturated heterocycles. The fourth-order valence-corrected chi connectivity index (χ4v) is 6.26. The van der Waals surface area contributed by atoms with E-state index in [9.17, 15) is 15.0 Å². The van der Waals surface area contributed by atoms with Gasteiger partial charge >= 0.3 is 5.97 Å². The maximum atomic E-state index is 12.3. The van der Waals surface area contributed by atoms with Gasteiger partial charge in [0.1, 0.15) is 19.3 Å². The van der Waals surface area contributed by atoms with Crippen LogP contribution in [0, 0.1) is 111 Å². The van der Waals surface area contributed by atoms with Gasteiger partial charge in [0, 0.05) is 93.5 Å². The van der Waals surface area contributed by atoms with Gasteiger partial charge in [-0.1, -0.05) is 26.0 Å². The van der Waals surface area contributed by atoms with E-state index in [4.69, 9.17) is 4.74 Å². The molecule has 3 unspecified atom stereocenters. The molecule has 31 heavy (non-hydrogen) atoms. The molecule has 2 aliphatic carbocycles. The van der Waals surface area contributed by atoms with E-state index in [0.717, 1.165) is 19.3 Å². The molecule has 2 N–H and O–H groups in total. The number of aromatic nitrogens is 3. The van der Waals surface area contributed by atoms with Gasteiger partial charge in [0.15, 0.2) is 0 Å². The largest absolute Gasteiger partial charge is 0.458 e. The molecule has 3 aliphatic rings. The van der Waals surface area contributed by atoms with Crippen molar-refractivity contribution >= 4 is 5.97 Å². The van der Waals surface area contributed by atoms with Crippen molar-refractivity contribution in [1.29, 1.82) is 0 Å². The Kier molecular flexibility index (Phi) is 10.1. The summed E-state index contributed by atoms with van der Waals surface area (Å²) in [6.07, 6.45) is 8.43. The smallest absolute Gasteiger partial charge is 0.336 e. The Hall–Kier alpha value is 0.893. The number of rotatable bonds is 5. The number of cyclic esters (lactones) is 1. The zero-order valence-corrected chi connectivity index (χ0v) is 27.9. The maximum Gasteiger partial charge on any atom is 0.336 e. The van der Waals surface area contributed by atoms with Gasteiger partial charge in [-0.15, -0.1) is 0 Å². The molecule has 9 heteroatoms. The number of nitrogens with zero attached hydrogens (tertiary/aromatic N) is 3. The van der Waals surface area contributed by atoms with Gasteiger partial charge in [0.05, 0.1) is 24.3 Å². The molecule has 1 aromatic rings. The Labute approximate surface area is 255 Å². The molecule has 1 aromatic heterocycles. The van der Waals surface area contributed by atoms with Crippen molar-refractivity contribution in [2.24, 2.45) is 22.7 Å². The van der Waals surface area contributed by atoms with Crippen LogP contribution in [-0.2, 0) is 9.53 Å². The standard InChI is InChI=1S/C22H31N3O4.2Ac/c1-14-4-5-18-21(2,8-6-19(27)22(18,3)11-26)16(14)10-17(25-13-23-12-24-25)15-7-9-29-20(15)28;;/h7,12-13,16-19,26-27H,1,4-6,8-11H2,2-3H3;;/t16-,17?,18?,19?,21+,22-;;/m0../s1. The van der Waals surface area contributed by atoms with Crippen LogP contribution in [0.4, 0.5) is 0 Å². The molecule has 0 aromatic carbocycles. The van der Waals surface area contributed by atoms with Crippen molar-refractivity contribution in [3.05, 3.63) is 36.5 Å². The molecular weight excluding hydrogens is 824 g/mol. The summed E-state index contributed by atoms with van der Waals surface area (Å²) in [6.45, 7) is 8.94. The summed E-state index contributed by atoms with van der Waals surface area (Å²) in [6, 6.07) is -0.267. The van der Waals surface area contributed by atoms with Crippen molar-refractivity contribution < 1.29 is 108 Å². The van der Waals surface area contributed by atoms with Gasteiger partial charge in [-0.3, -0.25) is 0 Å². The van der Waals surface area contributed by atoms with Crippen LogP contribution in [0.5, 0.6) is 0 Å². The average Bonchev–Trinajstić information content (AvgIpc) is 3.37. The molecule has 2 saturated carbocycles. The zero-order valence-electron chi connectivity index (χ0n) is 18.4. The van der Waals surface area contributed by atoms with Crippen molar-refractivity contribution in [3.63, 3.8) is 0 Å². The minimum atomic E-state index is -0.528. The van der Waals surface area contributed by atoms with E-state index in [1.165, 1.54) is 11.9 Å². The van der Waals surface area contributed by atoms with Gasteiger partial charge in [0.2, 0.25) is 0 Å². The summed E-state index contributed by atoms with van der Waals surface area (Å²) in [5.41, 5.74) is 1.15. The van der Waals surface area contributed by atoms with E-state index >= 15 is 0 Å².